The minimum absolute atomic E-state index is 0.405. The monoisotopic (exact) mass is 178 g/mol. The van der Waals surface area contributed by atoms with Crippen molar-refractivity contribution in [2.45, 2.75) is 0 Å². The third-order valence-corrected chi connectivity index (χ3v) is 2.42. The SMILES string of the molecule is N#Cc1csc2ncc(F)cc12. The van der Waals surface area contributed by atoms with Crippen LogP contribution in [0.25, 0.3) is 10.2 Å². The maximum atomic E-state index is 12.7. The summed E-state index contributed by atoms with van der Waals surface area (Å²) in [7, 11) is 0. The molecule has 2 heterocycles. The van der Waals surface area contributed by atoms with Crippen molar-refractivity contribution in [2.75, 3.05) is 0 Å². The predicted octanol–water partition coefficient (Wildman–Crippen LogP) is 2.31. The van der Waals surface area contributed by atoms with E-state index in [4.69, 9.17) is 5.26 Å². The average Bonchev–Trinajstić information content (AvgIpc) is 2.46. The molecule has 0 spiro atoms. The van der Waals surface area contributed by atoms with Crippen molar-refractivity contribution in [3.05, 3.63) is 29.0 Å². The number of hydrogen-bond acceptors (Lipinski definition) is 3. The van der Waals surface area contributed by atoms with Gasteiger partial charge in [-0.3, -0.25) is 0 Å². The zero-order valence-corrected chi connectivity index (χ0v) is 6.73. The van der Waals surface area contributed by atoms with Crippen LogP contribution in [-0.4, -0.2) is 4.98 Å². The molecule has 4 heteroatoms. The minimum Gasteiger partial charge on any atom is -0.242 e. The number of thiophene rings is 1. The summed E-state index contributed by atoms with van der Waals surface area (Å²) in [5.41, 5.74) is 0.488. The first-order valence-corrected chi connectivity index (χ1v) is 4.12. The van der Waals surface area contributed by atoms with Crippen LogP contribution in [0.2, 0.25) is 0 Å². The normalized spacial score (nSPS) is 10.0. The smallest absolute Gasteiger partial charge is 0.142 e. The van der Waals surface area contributed by atoms with Crippen LogP contribution < -0.4 is 0 Å². The molecule has 2 rings (SSSR count). The molecule has 58 valence electrons. The molecule has 0 radical (unpaired) electrons. The molecule has 0 unspecified atom stereocenters. The summed E-state index contributed by atoms with van der Waals surface area (Å²) in [5.74, 6) is -0.405. The van der Waals surface area contributed by atoms with Gasteiger partial charge >= 0.3 is 0 Å². The lowest BCUT2D eigenvalue weighted by Gasteiger charge is -1.88. The molecule has 0 N–H and O–H groups in total. The van der Waals surface area contributed by atoms with Gasteiger partial charge in [0.15, 0.2) is 0 Å². The van der Waals surface area contributed by atoms with E-state index in [1.165, 1.54) is 17.4 Å². The van der Waals surface area contributed by atoms with Crippen LogP contribution in [0.4, 0.5) is 4.39 Å². The van der Waals surface area contributed by atoms with Crippen molar-refractivity contribution in [1.82, 2.24) is 4.98 Å². The lowest BCUT2D eigenvalue weighted by Crippen LogP contribution is -1.77. The Labute approximate surface area is 71.9 Å². The molecule has 0 saturated carbocycles. The van der Waals surface area contributed by atoms with Gasteiger partial charge in [-0.2, -0.15) is 5.26 Å². The zero-order valence-electron chi connectivity index (χ0n) is 5.91. The third kappa shape index (κ3) is 0.953. The van der Waals surface area contributed by atoms with Crippen molar-refractivity contribution in [3.8, 4) is 6.07 Å². The average molecular weight is 178 g/mol. The Balaban J connectivity index is 2.86. The molecular formula is C8H3FN2S. The lowest BCUT2D eigenvalue weighted by molar-refractivity contribution is 0.624. The molecule has 0 aromatic carbocycles. The first-order valence-electron chi connectivity index (χ1n) is 3.24. The highest BCUT2D eigenvalue weighted by atomic mass is 32.1. The number of nitrogens with zero attached hydrogens (tertiary/aromatic N) is 2. The van der Waals surface area contributed by atoms with Gasteiger partial charge < -0.3 is 0 Å². The standard InChI is InChI=1S/C8H3FN2S/c9-6-1-7-5(2-10)4-12-8(7)11-3-6/h1,3-4H. The highest BCUT2D eigenvalue weighted by Gasteiger charge is 2.04. The topological polar surface area (TPSA) is 36.7 Å². The van der Waals surface area contributed by atoms with Crippen LogP contribution in [-0.2, 0) is 0 Å². The second-order valence-corrected chi connectivity index (χ2v) is 3.13. The molecule has 0 fully saturated rings. The van der Waals surface area contributed by atoms with Gasteiger partial charge in [0.1, 0.15) is 16.7 Å². The third-order valence-electron chi connectivity index (χ3n) is 1.52. The quantitative estimate of drug-likeness (QED) is 0.620. The Kier molecular flexibility index (Phi) is 1.52. The van der Waals surface area contributed by atoms with E-state index in [9.17, 15) is 4.39 Å². The molecule has 0 aliphatic carbocycles. The summed E-state index contributed by atoms with van der Waals surface area (Å²) in [5, 5.41) is 10.9. The Bertz CT molecular complexity index is 469. The van der Waals surface area contributed by atoms with Crippen molar-refractivity contribution < 1.29 is 4.39 Å². The Morgan fingerprint density at radius 1 is 1.58 bits per heavy atom. The fourth-order valence-electron chi connectivity index (χ4n) is 0.978. The molecule has 0 atom stereocenters. The Morgan fingerprint density at radius 3 is 3.17 bits per heavy atom. The summed E-state index contributed by atoms with van der Waals surface area (Å²) in [6, 6.07) is 3.31. The van der Waals surface area contributed by atoms with Crippen LogP contribution in [0.15, 0.2) is 17.6 Å². The summed E-state index contributed by atoms with van der Waals surface area (Å²) in [4.78, 5) is 4.54. The molecule has 0 saturated heterocycles. The number of aromatic nitrogens is 1. The summed E-state index contributed by atoms with van der Waals surface area (Å²) in [6.45, 7) is 0. The van der Waals surface area contributed by atoms with Crippen molar-refractivity contribution in [1.29, 1.82) is 5.26 Å². The van der Waals surface area contributed by atoms with Gasteiger partial charge in [-0.1, -0.05) is 0 Å². The van der Waals surface area contributed by atoms with Crippen LogP contribution >= 0.6 is 11.3 Å². The molecule has 0 aliphatic heterocycles. The Hall–Kier alpha value is -1.47. The molecule has 0 bridgehead atoms. The largest absolute Gasteiger partial charge is 0.242 e. The van der Waals surface area contributed by atoms with Gasteiger partial charge in [-0.05, 0) is 6.07 Å². The van der Waals surface area contributed by atoms with E-state index < -0.39 is 5.82 Å². The van der Waals surface area contributed by atoms with E-state index in [-0.39, 0.29) is 0 Å². The second-order valence-electron chi connectivity index (χ2n) is 2.27. The van der Waals surface area contributed by atoms with Crippen LogP contribution in [0.1, 0.15) is 5.56 Å². The molecule has 12 heavy (non-hydrogen) atoms. The van der Waals surface area contributed by atoms with Crippen LogP contribution in [0.5, 0.6) is 0 Å². The van der Waals surface area contributed by atoms with E-state index in [0.717, 1.165) is 6.20 Å². The van der Waals surface area contributed by atoms with Gasteiger partial charge in [0.2, 0.25) is 0 Å². The van der Waals surface area contributed by atoms with E-state index in [2.05, 4.69) is 4.98 Å². The lowest BCUT2D eigenvalue weighted by atomic mass is 10.2. The van der Waals surface area contributed by atoms with Crippen molar-refractivity contribution >= 4 is 21.6 Å². The first kappa shape index (κ1) is 7.19. The van der Waals surface area contributed by atoms with Gasteiger partial charge in [-0.25, -0.2) is 9.37 Å². The number of rotatable bonds is 0. The van der Waals surface area contributed by atoms with E-state index in [0.29, 0.717) is 15.8 Å². The van der Waals surface area contributed by atoms with Crippen molar-refractivity contribution in [2.24, 2.45) is 0 Å². The Morgan fingerprint density at radius 2 is 2.42 bits per heavy atom. The number of pyridine rings is 1. The summed E-state index contributed by atoms with van der Waals surface area (Å²) < 4.78 is 12.7. The minimum atomic E-state index is -0.405. The van der Waals surface area contributed by atoms with E-state index in [1.54, 1.807) is 5.38 Å². The van der Waals surface area contributed by atoms with Crippen LogP contribution in [0, 0.1) is 17.1 Å². The molecule has 2 aromatic heterocycles. The molecule has 0 aliphatic rings. The summed E-state index contributed by atoms with van der Waals surface area (Å²) >= 11 is 1.35. The molecular weight excluding hydrogens is 175 g/mol. The van der Waals surface area contributed by atoms with E-state index >= 15 is 0 Å². The number of hydrogen-bond donors (Lipinski definition) is 0. The van der Waals surface area contributed by atoms with Crippen LogP contribution in [0.3, 0.4) is 0 Å². The number of halogens is 1. The highest BCUT2D eigenvalue weighted by Crippen LogP contribution is 2.23. The maximum absolute atomic E-state index is 12.7. The molecule has 0 amide bonds. The van der Waals surface area contributed by atoms with Gasteiger partial charge in [-0.15, -0.1) is 11.3 Å². The molecule has 2 nitrogen and oxygen atoms in total. The fourth-order valence-corrected chi connectivity index (χ4v) is 1.80. The highest BCUT2D eigenvalue weighted by molar-refractivity contribution is 7.17. The maximum Gasteiger partial charge on any atom is 0.142 e. The summed E-state index contributed by atoms with van der Waals surface area (Å²) in [6.07, 6.45) is 1.15. The van der Waals surface area contributed by atoms with Gasteiger partial charge in [0, 0.05) is 10.8 Å². The first-order chi connectivity index (χ1) is 5.81. The van der Waals surface area contributed by atoms with Gasteiger partial charge in [0.05, 0.1) is 11.8 Å². The van der Waals surface area contributed by atoms with Gasteiger partial charge in [0.25, 0.3) is 0 Å². The zero-order chi connectivity index (χ0) is 8.55. The van der Waals surface area contributed by atoms with E-state index in [1.807, 2.05) is 6.07 Å². The fraction of sp³-hybridized carbons (Fsp3) is 0. The second kappa shape index (κ2) is 2.54. The number of nitriles is 1. The number of fused-ring (bicyclic) bond motifs is 1. The molecule has 2 aromatic rings. The van der Waals surface area contributed by atoms with Crippen molar-refractivity contribution in [3.63, 3.8) is 0 Å². The predicted molar refractivity (Wildman–Crippen MR) is 44.3 cm³/mol.